The maximum Gasteiger partial charge on any atom is 0.331 e. The number of carbonyl (C=O) groups excluding carboxylic acids is 1. The molecule has 1 aromatic carbocycles. The molecule has 2 aromatic rings. The quantitative estimate of drug-likeness (QED) is 0.775. The Kier molecular flexibility index (Phi) is 5.35. The summed E-state index contributed by atoms with van der Waals surface area (Å²) in [5.41, 5.74) is 6.90. The lowest BCUT2D eigenvalue weighted by Gasteiger charge is -2.34. The number of nitrogens with two attached hydrogens (primary N) is 1. The van der Waals surface area contributed by atoms with Crippen LogP contribution in [0.1, 0.15) is 46.6 Å². The first-order valence-corrected chi connectivity index (χ1v) is 8.86. The summed E-state index contributed by atoms with van der Waals surface area (Å²) in [5, 5.41) is 0.933. The van der Waals surface area contributed by atoms with Crippen molar-refractivity contribution in [3.63, 3.8) is 0 Å². The lowest BCUT2D eigenvalue weighted by atomic mass is 9.76. The maximum absolute atomic E-state index is 12.8. The molecule has 2 N–H and O–H groups in total. The predicted octanol–water partition coefficient (Wildman–Crippen LogP) is 4.54. The lowest BCUT2D eigenvalue weighted by Crippen LogP contribution is -2.49. The molecule has 24 heavy (non-hydrogen) atoms. The topological polar surface area (TPSA) is 65.2 Å². The van der Waals surface area contributed by atoms with Crippen molar-refractivity contribution in [3.05, 3.63) is 40.5 Å². The zero-order chi connectivity index (χ0) is 18.1. The first kappa shape index (κ1) is 18.9. The van der Waals surface area contributed by atoms with Gasteiger partial charge in [-0.05, 0) is 65.4 Å². The predicted molar refractivity (Wildman–Crippen MR) is 101 cm³/mol. The Morgan fingerprint density at radius 2 is 1.96 bits per heavy atom. The highest BCUT2D eigenvalue weighted by molar-refractivity contribution is 9.10. The summed E-state index contributed by atoms with van der Waals surface area (Å²) in [7, 11) is 0. The third kappa shape index (κ3) is 4.33. The molecule has 4 nitrogen and oxygen atoms in total. The van der Waals surface area contributed by atoms with Gasteiger partial charge in [-0.3, -0.25) is 4.98 Å². The minimum Gasteiger partial charge on any atom is -0.461 e. The van der Waals surface area contributed by atoms with Crippen LogP contribution in [0.15, 0.2) is 34.9 Å². The second-order valence-electron chi connectivity index (χ2n) is 7.72. The minimum absolute atomic E-state index is 0.130. The van der Waals surface area contributed by atoms with Crippen molar-refractivity contribution in [3.8, 4) is 0 Å². The van der Waals surface area contributed by atoms with Gasteiger partial charge in [0.1, 0.15) is 5.54 Å². The summed E-state index contributed by atoms with van der Waals surface area (Å²) in [4.78, 5) is 17.2. The molecule has 1 heterocycles. The van der Waals surface area contributed by atoms with Crippen molar-refractivity contribution in [2.75, 3.05) is 0 Å². The van der Waals surface area contributed by atoms with E-state index in [9.17, 15) is 4.79 Å². The summed E-state index contributed by atoms with van der Waals surface area (Å²) in [6.07, 6.45) is 2.02. The summed E-state index contributed by atoms with van der Waals surface area (Å²) in [5.74, 6) is -0.394. The van der Waals surface area contributed by atoms with Crippen LogP contribution in [0.3, 0.4) is 0 Å². The van der Waals surface area contributed by atoms with E-state index in [2.05, 4.69) is 41.7 Å². The molecule has 130 valence electrons. The Balaban J connectivity index is 2.55. The van der Waals surface area contributed by atoms with Crippen LogP contribution in [0.5, 0.6) is 0 Å². The van der Waals surface area contributed by atoms with Crippen LogP contribution in [0.4, 0.5) is 0 Å². The van der Waals surface area contributed by atoms with Gasteiger partial charge in [0.25, 0.3) is 0 Å². The average molecular weight is 393 g/mol. The molecule has 0 radical (unpaired) electrons. The van der Waals surface area contributed by atoms with E-state index in [1.807, 2.05) is 38.1 Å². The molecule has 0 saturated heterocycles. The van der Waals surface area contributed by atoms with E-state index in [-0.39, 0.29) is 11.5 Å². The zero-order valence-corrected chi connectivity index (χ0v) is 16.5. The molecule has 0 spiro atoms. The number of benzene rings is 1. The first-order chi connectivity index (χ1) is 11.0. The van der Waals surface area contributed by atoms with Crippen molar-refractivity contribution in [1.82, 2.24) is 4.98 Å². The molecule has 1 aromatic heterocycles. The summed E-state index contributed by atoms with van der Waals surface area (Å²) >= 11 is 3.43. The van der Waals surface area contributed by atoms with Crippen LogP contribution in [-0.2, 0) is 15.1 Å². The third-order valence-electron chi connectivity index (χ3n) is 3.68. The average Bonchev–Trinajstić information content (AvgIpc) is 2.43. The Hall–Kier alpha value is -1.46. The number of pyridine rings is 1. The summed E-state index contributed by atoms with van der Waals surface area (Å²) in [6.45, 7) is 9.86. The number of halogens is 1. The molecule has 0 fully saturated rings. The first-order valence-electron chi connectivity index (χ1n) is 8.07. The molecule has 5 heteroatoms. The van der Waals surface area contributed by atoms with Gasteiger partial charge in [0, 0.05) is 16.1 Å². The van der Waals surface area contributed by atoms with E-state index in [0.717, 1.165) is 20.9 Å². The molecule has 0 amide bonds. The van der Waals surface area contributed by atoms with E-state index in [0.29, 0.717) is 6.42 Å². The summed E-state index contributed by atoms with van der Waals surface area (Å²) in [6, 6.07) is 7.66. The number of aromatic nitrogens is 1. The number of ether oxygens (including phenoxy) is 1. The monoisotopic (exact) mass is 392 g/mol. The molecule has 0 unspecified atom stereocenters. The van der Waals surface area contributed by atoms with E-state index in [1.165, 1.54) is 0 Å². The Morgan fingerprint density at radius 3 is 2.54 bits per heavy atom. The van der Waals surface area contributed by atoms with Crippen LogP contribution < -0.4 is 5.73 Å². The number of nitrogens with zero attached hydrogens (tertiary/aromatic N) is 1. The molecule has 2 rings (SSSR count). The van der Waals surface area contributed by atoms with Crippen molar-refractivity contribution in [1.29, 1.82) is 0 Å². The molecule has 1 atom stereocenters. The number of carbonyl (C=O) groups is 1. The van der Waals surface area contributed by atoms with Gasteiger partial charge in [0.2, 0.25) is 0 Å². The van der Waals surface area contributed by atoms with E-state index in [1.54, 1.807) is 6.20 Å². The highest BCUT2D eigenvalue weighted by Gasteiger charge is 2.41. The maximum atomic E-state index is 12.8. The van der Waals surface area contributed by atoms with Crippen molar-refractivity contribution in [2.45, 2.75) is 52.7 Å². The van der Waals surface area contributed by atoms with Crippen molar-refractivity contribution < 1.29 is 9.53 Å². The zero-order valence-electron chi connectivity index (χ0n) is 14.9. The standard InChI is InChI=1S/C19H25BrN2O2/c1-12(2)24-17(23)19(21,11-18(3,4)5)14-6-7-16-13(8-14)9-15(20)10-22-16/h6-10,12H,11,21H2,1-5H3/t19-/m1/s1. The molecular weight excluding hydrogens is 368 g/mol. The number of hydrogen-bond acceptors (Lipinski definition) is 4. The molecule has 0 bridgehead atoms. The normalized spacial score (nSPS) is 14.7. The molecule has 0 aliphatic rings. The van der Waals surface area contributed by atoms with Crippen LogP contribution in [0.25, 0.3) is 10.9 Å². The van der Waals surface area contributed by atoms with E-state index in [4.69, 9.17) is 10.5 Å². The van der Waals surface area contributed by atoms with Crippen molar-refractivity contribution in [2.24, 2.45) is 11.1 Å². The smallest absolute Gasteiger partial charge is 0.331 e. The van der Waals surface area contributed by atoms with Gasteiger partial charge in [0.05, 0.1) is 11.6 Å². The number of rotatable bonds is 4. The van der Waals surface area contributed by atoms with E-state index >= 15 is 0 Å². The third-order valence-corrected chi connectivity index (χ3v) is 4.11. The van der Waals surface area contributed by atoms with E-state index < -0.39 is 11.5 Å². The minimum atomic E-state index is -1.20. The number of esters is 1. The number of hydrogen-bond donors (Lipinski definition) is 1. The molecule has 0 saturated carbocycles. The fourth-order valence-electron chi connectivity index (χ4n) is 2.83. The van der Waals surface area contributed by atoms with Crippen LogP contribution >= 0.6 is 15.9 Å². The largest absolute Gasteiger partial charge is 0.461 e. The molecule has 0 aliphatic heterocycles. The van der Waals surface area contributed by atoms with Gasteiger partial charge >= 0.3 is 5.97 Å². The second kappa shape index (κ2) is 6.81. The van der Waals surface area contributed by atoms with Crippen LogP contribution in [0, 0.1) is 5.41 Å². The Bertz CT molecular complexity index is 753. The van der Waals surface area contributed by atoms with Crippen LogP contribution in [0.2, 0.25) is 0 Å². The molecular formula is C19H25BrN2O2. The van der Waals surface area contributed by atoms with Gasteiger partial charge < -0.3 is 10.5 Å². The molecule has 0 aliphatic carbocycles. The van der Waals surface area contributed by atoms with Crippen molar-refractivity contribution >= 4 is 32.8 Å². The van der Waals surface area contributed by atoms with Gasteiger partial charge in [-0.2, -0.15) is 0 Å². The summed E-state index contributed by atoms with van der Waals surface area (Å²) < 4.78 is 6.35. The lowest BCUT2D eigenvalue weighted by molar-refractivity contribution is -0.156. The van der Waals surface area contributed by atoms with Gasteiger partial charge in [-0.15, -0.1) is 0 Å². The Morgan fingerprint density at radius 1 is 1.29 bits per heavy atom. The fourth-order valence-corrected chi connectivity index (χ4v) is 3.18. The van der Waals surface area contributed by atoms with Gasteiger partial charge in [0.15, 0.2) is 0 Å². The SMILES string of the molecule is CC(C)OC(=O)[C@@](N)(CC(C)(C)C)c1ccc2ncc(Br)cc2c1. The van der Waals surface area contributed by atoms with Gasteiger partial charge in [-0.1, -0.05) is 26.8 Å². The fraction of sp³-hybridized carbons (Fsp3) is 0.474. The van der Waals surface area contributed by atoms with Crippen LogP contribution in [-0.4, -0.2) is 17.1 Å². The highest BCUT2D eigenvalue weighted by atomic mass is 79.9. The number of fused-ring (bicyclic) bond motifs is 1. The second-order valence-corrected chi connectivity index (χ2v) is 8.64. The highest BCUT2D eigenvalue weighted by Crippen LogP contribution is 2.35. The Labute approximate surface area is 151 Å². The van der Waals surface area contributed by atoms with Gasteiger partial charge in [-0.25, -0.2) is 4.79 Å².